The first-order chi connectivity index (χ1) is 20.7. The summed E-state index contributed by atoms with van der Waals surface area (Å²) in [4.78, 5) is 0. The van der Waals surface area contributed by atoms with E-state index in [1.807, 2.05) is 109 Å². The fraction of sp³-hybridized carbons (Fsp3) is 0.125. The van der Waals surface area contributed by atoms with Crippen molar-refractivity contribution in [1.29, 1.82) is 0 Å². The molecule has 0 aliphatic rings. The van der Waals surface area contributed by atoms with Gasteiger partial charge in [-0.15, -0.1) is 10.2 Å². The Morgan fingerprint density at radius 3 is 1.21 bits per heavy atom. The Bertz CT molecular complexity index is 1600. The molecule has 0 amide bonds. The van der Waals surface area contributed by atoms with Crippen LogP contribution < -0.4 is 18.9 Å². The van der Waals surface area contributed by atoms with Crippen molar-refractivity contribution in [2.24, 2.45) is 0 Å². The topological polar surface area (TPSA) is 98.3 Å². The molecule has 0 fully saturated rings. The highest BCUT2D eigenvalue weighted by atomic mass is 16.5. The largest absolute Gasteiger partial charge is 0.497 e. The number of hydrogen-bond acceptors (Lipinski definition) is 8. The summed E-state index contributed by atoms with van der Waals surface area (Å²) in [6.07, 6.45) is 0. The van der Waals surface area contributed by atoms with Crippen molar-refractivity contribution in [3.63, 3.8) is 0 Å². The quantitative estimate of drug-likeness (QED) is 0.199. The van der Waals surface area contributed by atoms with Gasteiger partial charge in [0.1, 0.15) is 59.0 Å². The molecule has 2 aromatic heterocycles. The maximum absolute atomic E-state index is 6.13. The zero-order valence-electron chi connectivity index (χ0n) is 23.1. The van der Waals surface area contributed by atoms with Crippen molar-refractivity contribution in [3.05, 3.63) is 121 Å². The lowest BCUT2D eigenvalue weighted by atomic mass is 10.1. The number of benzene rings is 4. The van der Waals surface area contributed by atoms with Crippen molar-refractivity contribution < 1.29 is 18.9 Å². The molecule has 6 rings (SSSR count). The maximum Gasteiger partial charge on any atom is 0.134 e. The van der Waals surface area contributed by atoms with Crippen molar-refractivity contribution in [2.75, 3.05) is 14.2 Å². The van der Waals surface area contributed by atoms with E-state index in [-0.39, 0.29) is 13.2 Å². The number of aromatic nitrogens is 6. The highest BCUT2D eigenvalue weighted by Gasteiger charge is 2.26. The summed E-state index contributed by atoms with van der Waals surface area (Å²) in [6, 6.07) is 34.3. The van der Waals surface area contributed by atoms with E-state index in [9.17, 15) is 0 Å². The molecule has 0 unspecified atom stereocenters. The van der Waals surface area contributed by atoms with Gasteiger partial charge >= 0.3 is 0 Å². The molecular formula is C32H28N6O4. The van der Waals surface area contributed by atoms with Crippen LogP contribution in [0.5, 0.6) is 23.0 Å². The summed E-state index contributed by atoms with van der Waals surface area (Å²) < 4.78 is 26.5. The van der Waals surface area contributed by atoms with Crippen molar-refractivity contribution >= 4 is 0 Å². The minimum Gasteiger partial charge on any atom is -0.497 e. The molecule has 6 aromatic rings. The van der Waals surface area contributed by atoms with Crippen LogP contribution in [0.25, 0.3) is 22.8 Å². The summed E-state index contributed by atoms with van der Waals surface area (Å²) >= 11 is 0. The average molecular weight is 561 g/mol. The molecule has 10 nitrogen and oxygen atoms in total. The second-order valence-electron chi connectivity index (χ2n) is 9.19. The van der Waals surface area contributed by atoms with Gasteiger partial charge in [0.15, 0.2) is 0 Å². The maximum atomic E-state index is 6.13. The molecule has 2 heterocycles. The van der Waals surface area contributed by atoms with Crippen LogP contribution in [0.3, 0.4) is 0 Å². The Hall–Kier alpha value is -5.64. The normalized spacial score (nSPS) is 10.8. The van der Waals surface area contributed by atoms with Crippen molar-refractivity contribution in [1.82, 2.24) is 30.0 Å². The molecule has 10 heteroatoms. The number of nitrogens with zero attached hydrogens (tertiary/aromatic N) is 6. The first-order valence-corrected chi connectivity index (χ1v) is 13.3. The van der Waals surface area contributed by atoms with E-state index in [0.29, 0.717) is 22.8 Å². The lowest BCUT2D eigenvalue weighted by Crippen LogP contribution is -2.09. The van der Waals surface area contributed by atoms with E-state index in [0.717, 1.165) is 34.4 Å². The van der Waals surface area contributed by atoms with Gasteiger partial charge in [-0.3, -0.25) is 0 Å². The molecule has 0 saturated heterocycles. The predicted octanol–water partition coefficient (Wildman–Crippen LogP) is 5.69. The molecule has 0 bridgehead atoms. The van der Waals surface area contributed by atoms with Crippen molar-refractivity contribution in [2.45, 2.75) is 13.2 Å². The lowest BCUT2D eigenvalue weighted by molar-refractivity contribution is 0.299. The van der Waals surface area contributed by atoms with Gasteiger partial charge < -0.3 is 18.9 Å². The Balaban J connectivity index is 1.49. The molecule has 4 aromatic carbocycles. The van der Waals surface area contributed by atoms with Gasteiger partial charge in [0.25, 0.3) is 0 Å². The van der Waals surface area contributed by atoms with Crippen LogP contribution >= 0.6 is 0 Å². The SMILES string of the molecule is COc1ccc(-n2nnc(COc3ccccc3)c2-c2c(COc3ccccc3)nnn2-c2ccc(OC)cc2)cc1. The van der Waals surface area contributed by atoms with E-state index in [1.54, 1.807) is 23.6 Å². The molecule has 0 atom stereocenters. The van der Waals surface area contributed by atoms with E-state index >= 15 is 0 Å². The average Bonchev–Trinajstić information content (AvgIpc) is 3.67. The fourth-order valence-corrected chi connectivity index (χ4v) is 4.44. The second kappa shape index (κ2) is 12.3. The van der Waals surface area contributed by atoms with Crippen LogP contribution in [0.4, 0.5) is 0 Å². The second-order valence-corrected chi connectivity index (χ2v) is 9.19. The number of rotatable bonds is 11. The molecule has 0 spiro atoms. The summed E-state index contributed by atoms with van der Waals surface area (Å²) in [5.74, 6) is 2.90. The van der Waals surface area contributed by atoms with E-state index in [4.69, 9.17) is 18.9 Å². The minimum absolute atomic E-state index is 0.169. The third-order valence-electron chi connectivity index (χ3n) is 6.58. The van der Waals surface area contributed by atoms with Crippen LogP contribution in [-0.4, -0.2) is 44.2 Å². The van der Waals surface area contributed by atoms with Crippen LogP contribution in [0, 0.1) is 0 Å². The molecular weight excluding hydrogens is 532 g/mol. The minimum atomic E-state index is 0.169. The lowest BCUT2D eigenvalue weighted by Gasteiger charge is -2.14. The van der Waals surface area contributed by atoms with Gasteiger partial charge in [0.05, 0.1) is 25.6 Å². The summed E-state index contributed by atoms with van der Waals surface area (Å²) in [5.41, 5.74) is 4.11. The summed E-state index contributed by atoms with van der Waals surface area (Å²) in [6.45, 7) is 0.338. The van der Waals surface area contributed by atoms with Gasteiger partial charge in [-0.2, -0.15) is 0 Å². The van der Waals surface area contributed by atoms with Crippen LogP contribution in [-0.2, 0) is 13.2 Å². The van der Waals surface area contributed by atoms with Crippen LogP contribution in [0.2, 0.25) is 0 Å². The number of ether oxygens (including phenoxy) is 4. The standard InChI is InChI=1S/C32H28N6O4/c1-39-25-17-13-23(14-18-25)37-31(29(33-35-37)21-41-27-9-5-3-6-10-27)32-30(22-42-28-11-7-4-8-12-28)34-36-38(32)24-15-19-26(40-2)20-16-24/h3-20H,21-22H2,1-2H3. The predicted molar refractivity (Wildman–Crippen MR) is 156 cm³/mol. The zero-order valence-corrected chi connectivity index (χ0v) is 23.1. The van der Waals surface area contributed by atoms with Gasteiger partial charge in [-0.05, 0) is 72.8 Å². The van der Waals surface area contributed by atoms with Crippen LogP contribution in [0.15, 0.2) is 109 Å². The molecule has 0 aliphatic heterocycles. The van der Waals surface area contributed by atoms with Crippen LogP contribution in [0.1, 0.15) is 11.4 Å². The molecule has 0 radical (unpaired) electrons. The Kier molecular flexibility index (Phi) is 7.76. The highest BCUT2D eigenvalue weighted by molar-refractivity contribution is 5.65. The third kappa shape index (κ3) is 5.64. The first kappa shape index (κ1) is 26.6. The number of methoxy groups -OCH3 is 2. The van der Waals surface area contributed by atoms with Gasteiger partial charge in [0, 0.05) is 0 Å². The Morgan fingerprint density at radius 2 is 0.857 bits per heavy atom. The molecule has 0 N–H and O–H groups in total. The first-order valence-electron chi connectivity index (χ1n) is 13.3. The van der Waals surface area contributed by atoms with E-state index in [2.05, 4.69) is 20.6 Å². The molecule has 0 aliphatic carbocycles. The summed E-state index contributed by atoms with van der Waals surface area (Å²) in [5, 5.41) is 18.2. The van der Waals surface area contributed by atoms with Gasteiger partial charge in [-0.25, -0.2) is 9.36 Å². The molecule has 0 saturated carbocycles. The van der Waals surface area contributed by atoms with E-state index in [1.165, 1.54) is 0 Å². The zero-order chi connectivity index (χ0) is 28.7. The third-order valence-corrected chi connectivity index (χ3v) is 6.58. The fourth-order valence-electron chi connectivity index (χ4n) is 4.44. The Morgan fingerprint density at radius 1 is 0.476 bits per heavy atom. The molecule has 42 heavy (non-hydrogen) atoms. The highest BCUT2D eigenvalue weighted by Crippen LogP contribution is 2.32. The molecule has 210 valence electrons. The Labute approximate surface area is 242 Å². The number of para-hydroxylation sites is 2. The summed E-state index contributed by atoms with van der Waals surface area (Å²) in [7, 11) is 3.26. The van der Waals surface area contributed by atoms with E-state index < -0.39 is 0 Å². The smallest absolute Gasteiger partial charge is 0.134 e. The van der Waals surface area contributed by atoms with Gasteiger partial charge in [0.2, 0.25) is 0 Å². The van der Waals surface area contributed by atoms with Crippen molar-refractivity contribution in [3.8, 4) is 45.8 Å². The monoisotopic (exact) mass is 560 g/mol. The number of hydrogen-bond donors (Lipinski definition) is 0. The van der Waals surface area contributed by atoms with Gasteiger partial charge in [-0.1, -0.05) is 46.8 Å².